The Morgan fingerprint density at radius 1 is 0.947 bits per heavy atom. The van der Waals surface area contributed by atoms with Crippen LogP contribution in [0.5, 0.6) is 0 Å². The Hall–Kier alpha value is -0.780. The molecule has 2 saturated carbocycles. The molecule has 4 aliphatic carbocycles. The monoisotopic (exact) mass is 574 g/mol. The summed E-state index contributed by atoms with van der Waals surface area (Å²) < 4.78 is 74.8. The van der Waals surface area contributed by atoms with Gasteiger partial charge in [-0.15, -0.1) is 0 Å². The first-order chi connectivity index (χ1) is 17.4. The maximum Gasteiger partial charge on any atom is 0.397 e. The van der Waals surface area contributed by atoms with Crippen molar-refractivity contribution in [2.45, 2.75) is 112 Å². The van der Waals surface area contributed by atoms with Crippen LogP contribution in [0.4, 0.5) is 0 Å². The van der Waals surface area contributed by atoms with Crippen molar-refractivity contribution in [3.8, 4) is 0 Å². The van der Waals surface area contributed by atoms with Crippen molar-refractivity contribution in [2.24, 2.45) is 39.9 Å². The van der Waals surface area contributed by atoms with Crippen LogP contribution in [0, 0.1) is 39.9 Å². The minimum Gasteiger partial charge on any atom is -0.264 e. The van der Waals surface area contributed by atoms with Crippen molar-refractivity contribution in [3.63, 3.8) is 0 Å². The molecule has 0 unspecified atom stereocenters. The highest BCUT2D eigenvalue weighted by Gasteiger charge is 2.63. The number of rotatable bonds is 9. The van der Waals surface area contributed by atoms with Gasteiger partial charge in [-0.05, 0) is 73.0 Å². The molecule has 8 atom stereocenters. The summed E-state index contributed by atoms with van der Waals surface area (Å²) in [6.45, 7) is 14.0. The minimum atomic E-state index is -4.87. The molecular formula is C28H46O8S2. The van der Waals surface area contributed by atoms with Crippen LogP contribution in [0.15, 0.2) is 23.3 Å². The van der Waals surface area contributed by atoms with Crippen LogP contribution in [0.25, 0.3) is 0 Å². The van der Waals surface area contributed by atoms with Gasteiger partial charge in [-0.1, -0.05) is 84.1 Å². The van der Waals surface area contributed by atoms with Crippen LogP contribution in [0.2, 0.25) is 0 Å². The van der Waals surface area contributed by atoms with Crippen molar-refractivity contribution in [2.75, 3.05) is 0 Å². The molecule has 0 bridgehead atoms. The first-order valence-electron chi connectivity index (χ1n) is 14.1. The molecule has 0 aromatic rings. The van der Waals surface area contributed by atoms with Crippen molar-refractivity contribution >= 4 is 20.8 Å². The lowest BCUT2D eigenvalue weighted by Gasteiger charge is -2.59. The van der Waals surface area contributed by atoms with Gasteiger partial charge >= 0.3 is 20.8 Å². The maximum absolute atomic E-state index is 11.6. The molecule has 218 valence electrons. The normalized spacial score (nSPS) is 40.1. The zero-order chi connectivity index (χ0) is 28.3. The number of fused-ring (bicyclic) bond motifs is 5. The number of hydrogen-bond acceptors (Lipinski definition) is 6. The van der Waals surface area contributed by atoms with Crippen molar-refractivity contribution in [1.29, 1.82) is 0 Å². The molecule has 0 aromatic heterocycles. The Labute approximate surface area is 229 Å². The molecule has 4 rings (SSSR count). The van der Waals surface area contributed by atoms with Gasteiger partial charge in [0.1, 0.15) is 12.2 Å². The lowest BCUT2D eigenvalue weighted by molar-refractivity contribution is -0.0295. The molecule has 0 saturated heterocycles. The van der Waals surface area contributed by atoms with E-state index < -0.39 is 38.4 Å². The second-order valence-electron chi connectivity index (χ2n) is 13.5. The summed E-state index contributed by atoms with van der Waals surface area (Å²) in [6, 6.07) is 0. The lowest BCUT2D eigenvalue weighted by atomic mass is 9.45. The summed E-state index contributed by atoms with van der Waals surface area (Å²) in [5.74, 6) is 2.31. The topological polar surface area (TPSA) is 127 Å². The van der Waals surface area contributed by atoms with Crippen LogP contribution < -0.4 is 0 Å². The van der Waals surface area contributed by atoms with Gasteiger partial charge in [0.25, 0.3) is 0 Å². The lowest BCUT2D eigenvalue weighted by Crippen LogP contribution is -2.53. The molecule has 0 heterocycles. The van der Waals surface area contributed by atoms with E-state index in [1.807, 2.05) is 0 Å². The maximum atomic E-state index is 11.6. The fourth-order valence-corrected chi connectivity index (χ4v) is 9.83. The van der Waals surface area contributed by atoms with E-state index in [9.17, 15) is 25.9 Å². The van der Waals surface area contributed by atoms with Gasteiger partial charge in [0.05, 0.1) is 0 Å². The zero-order valence-electron chi connectivity index (χ0n) is 23.6. The molecule has 38 heavy (non-hydrogen) atoms. The fraction of sp³-hybridized carbons (Fsp3) is 0.857. The van der Waals surface area contributed by atoms with Crippen molar-refractivity contribution in [3.05, 3.63) is 23.3 Å². The summed E-state index contributed by atoms with van der Waals surface area (Å²) in [7, 11) is -9.71. The summed E-state index contributed by atoms with van der Waals surface area (Å²) >= 11 is 0. The first kappa shape index (κ1) is 30.2. The third-order valence-electron chi connectivity index (χ3n) is 11.0. The van der Waals surface area contributed by atoms with Gasteiger partial charge in [-0.2, -0.15) is 16.8 Å². The van der Waals surface area contributed by atoms with Gasteiger partial charge in [0.15, 0.2) is 0 Å². The Morgan fingerprint density at radius 2 is 1.58 bits per heavy atom. The second kappa shape index (κ2) is 10.2. The Kier molecular flexibility index (Phi) is 8.14. The third kappa shape index (κ3) is 5.55. The van der Waals surface area contributed by atoms with E-state index in [0.717, 1.165) is 30.8 Å². The van der Waals surface area contributed by atoms with E-state index in [1.165, 1.54) is 31.3 Å². The molecular weight excluding hydrogens is 528 g/mol. The zero-order valence-corrected chi connectivity index (χ0v) is 25.3. The molecule has 2 N–H and O–H groups in total. The predicted molar refractivity (Wildman–Crippen MR) is 146 cm³/mol. The first-order valence-corrected chi connectivity index (χ1v) is 16.8. The summed E-state index contributed by atoms with van der Waals surface area (Å²) in [5.41, 5.74) is 1.92. The van der Waals surface area contributed by atoms with Gasteiger partial charge in [-0.3, -0.25) is 9.11 Å². The summed E-state index contributed by atoms with van der Waals surface area (Å²) in [4.78, 5) is 0. The van der Waals surface area contributed by atoms with E-state index in [4.69, 9.17) is 8.37 Å². The number of hydrogen-bond donors (Lipinski definition) is 2. The molecule has 0 amide bonds. The van der Waals surface area contributed by atoms with Crippen LogP contribution in [0.1, 0.15) is 99.3 Å². The van der Waals surface area contributed by atoms with Crippen LogP contribution >= 0.6 is 0 Å². The molecule has 8 nitrogen and oxygen atoms in total. The van der Waals surface area contributed by atoms with Crippen LogP contribution in [-0.2, 0) is 29.2 Å². The highest BCUT2D eigenvalue weighted by molar-refractivity contribution is 7.81. The molecule has 0 radical (unpaired) electrons. The SMILES string of the molecule is CC(C)CCC[C@@H](C)[C@H]1CC[C@@]2(C)[C@@H]3CC=C4C[C@H](OS(=O)(=O)O)[C@@H](OS(=O)(=O)O)C[C@]4(C)C3=CC[C@]12C. The van der Waals surface area contributed by atoms with E-state index in [1.54, 1.807) is 0 Å². The minimum absolute atomic E-state index is 0.0836. The summed E-state index contributed by atoms with van der Waals surface area (Å²) in [6.07, 6.45) is 10.2. The van der Waals surface area contributed by atoms with Gasteiger partial charge < -0.3 is 0 Å². The van der Waals surface area contributed by atoms with Crippen molar-refractivity contribution in [1.82, 2.24) is 0 Å². The van der Waals surface area contributed by atoms with Crippen LogP contribution in [-0.4, -0.2) is 38.1 Å². The molecule has 0 aliphatic heterocycles. The van der Waals surface area contributed by atoms with Gasteiger partial charge in [0, 0.05) is 5.41 Å². The second-order valence-corrected chi connectivity index (χ2v) is 15.6. The quantitative estimate of drug-likeness (QED) is 0.242. The highest BCUT2D eigenvalue weighted by atomic mass is 32.3. The fourth-order valence-electron chi connectivity index (χ4n) is 8.82. The predicted octanol–water partition coefficient (Wildman–Crippen LogP) is 6.32. The van der Waals surface area contributed by atoms with E-state index in [-0.39, 0.29) is 29.6 Å². The van der Waals surface area contributed by atoms with E-state index >= 15 is 0 Å². The smallest absolute Gasteiger partial charge is 0.264 e. The van der Waals surface area contributed by atoms with Crippen LogP contribution in [0.3, 0.4) is 0 Å². The Balaban J connectivity index is 1.64. The number of allylic oxidation sites excluding steroid dienone is 3. The molecule has 10 heteroatoms. The summed E-state index contributed by atoms with van der Waals surface area (Å²) in [5, 5.41) is 0. The average molecular weight is 575 g/mol. The van der Waals surface area contributed by atoms with E-state index in [0.29, 0.717) is 11.8 Å². The van der Waals surface area contributed by atoms with E-state index in [2.05, 4.69) is 53.7 Å². The molecule has 0 spiro atoms. The van der Waals surface area contributed by atoms with Gasteiger partial charge in [-0.25, -0.2) is 8.37 Å². The standard InChI is InChI=1S/C28H46O8S2/c1-18(2)8-7-9-19(3)21-12-14-28(6)23-11-10-20-16-24(35-37(29,30)31)25(36-38(32,33)34)17-26(20,4)22(23)13-15-27(21,28)5/h10,13,18-19,21,23-25H,7-9,11-12,14-17H2,1-6H3,(H,29,30,31)(H,32,33,34)/t19-,21-,23-,24+,25+,26+,27-,28+/m1/s1. The molecule has 4 aliphatic rings. The van der Waals surface area contributed by atoms with Gasteiger partial charge in [0.2, 0.25) is 0 Å². The Morgan fingerprint density at radius 3 is 2.18 bits per heavy atom. The highest BCUT2D eigenvalue weighted by Crippen LogP contribution is 2.71. The Bertz CT molecular complexity index is 1190. The molecule has 0 aromatic carbocycles. The molecule has 2 fully saturated rings. The largest absolute Gasteiger partial charge is 0.397 e. The average Bonchev–Trinajstić information content (AvgIpc) is 3.03. The van der Waals surface area contributed by atoms with Crippen molar-refractivity contribution < 1.29 is 34.3 Å². The third-order valence-corrected chi connectivity index (χ3v) is 12.0.